The first kappa shape index (κ1) is 18.8. The van der Waals surface area contributed by atoms with Crippen molar-refractivity contribution in [3.63, 3.8) is 0 Å². The molecule has 0 radical (unpaired) electrons. The Hall–Kier alpha value is -1.56. The van der Waals surface area contributed by atoms with Crippen LogP contribution in [0.1, 0.15) is 50.4 Å². The fourth-order valence-corrected chi connectivity index (χ4v) is 3.73. The van der Waals surface area contributed by atoms with E-state index in [0.717, 1.165) is 18.3 Å². The van der Waals surface area contributed by atoms with Gasteiger partial charge in [0.1, 0.15) is 6.54 Å². The van der Waals surface area contributed by atoms with Gasteiger partial charge in [0.15, 0.2) is 5.96 Å². The number of amides is 1. The molecule has 2 rings (SSSR count). The van der Waals surface area contributed by atoms with E-state index in [1.165, 1.54) is 24.1 Å². The van der Waals surface area contributed by atoms with Gasteiger partial charge in [-0.05, 0) is 37.1 Å². The number of hydrogen-bond acceptors (Lipinski definition) is 3. The zero-order valence-corrected chi connectivity index (χ0v) is 16.0. The van der Waals surface area contributed by atoms with Gasteiger partial charge in [-0.2, -0.15) is 0 Å². The molecule has 1 saturated carbocycles. The van der Waals surface area contributed by atoms with E-state index >= 15 is 0 Å². The molecule has 3 unspecified atom stereocenters. The van der Waals surface area contributed by atoms with Crippen LogP contribution < -0.4 is 10.6 Å². The van der Waals surface area contributed by atoms with Crippen LogP contribution in [0.15, 0.2) is 22.5 Å². The number of aliphatic imine (C=N–C) groups is 1. The third-order valence-electron chi connectivity index (χ3n) is 4.47. The molecule has 1 aliphatic carbocycles. The predicted molar refractivity (Wildman–Crippen MR) is 101 cm³/mol. The van der Waals surface area contributed by atoms with Gasteiger partial charge in [-0.25, -0.2) is 4.99 Å². The molecule has 1 amide bonds. The third kappa shape index (κ3) is 5.82. The van der Waals surface area contributed by atoms with Crippen LogP contribution in [0.5, 0.6) is 0 Å². The Bertz CT molecular complexity index is 541. The highest BCUT2D eigenvalue weighted by molar-refractivity contribution is 7.10. The van der Waals surface area contributed by atoms with Crippen molar-refractivity contribution in [1.29, 1.82) is 0 Å². The molecule has 0 saturated heterocycles. The smallest absolute Gasteiger partial charge is 0.243 e. The molecule has 1 heterocycles. The fourth-order valence-electron chi connectivity index (χ4n) is 2.99. The molecule has 3 atom stereocenters. The number of nitrogens with zero attached hydrogens (tertiary/aromatic N) is 2. The number of rotatable bonds is 5. The van der Waals surface area contributed by atoms with Crippen molar-refractivity contribution in [2.45, 2.75) is 51.6 Å². The van der Waals surface area contributed by atoms with Crippen LogP contribution in [0.2, 0.25) is 0 Å². The molecule has 0 aromatic carbocycles. The van der Waals surface area contributed by atoms with Crippen molar-refractivity contribution in [1.82, 2.24) is 15.5 Å². The molecule has 0 bridgehead atoms. The zero-order valence-electron chi connectivity index (χ0n) is 15.2. The topological polar surface area (TPSA) is 56.7 Å². The Morgan fingerprint density at radius 1 is 1.46 bits per heavy atom. The Morgan fingerprint density at radius 2 is 2.25 bits per heavy atom. The van der Waals surface area contributed by atoms with E-state index in [4.69, 9.17) is 0 Å². The number of thiophene rings is 1. The van der Waals surface area contributed by atoms with Crippen molar-refractivity contribution in [3.05, 3.63) is 22.4 Å². The average molecular weight is 351 g/mol. The SMILES string of the molecule is CC1CCCC(NC(=NCC(=O)N(C)C)NC(C)c2cccs2)C1. The first-order valence-electron chi connectivity index (χ1n) is 8.76. The van der Waals surface area contributed by atoms with Crippen LogP contribution in [0.3, 0.4) is 0 Å². The van der Waals surface area contributed by atoms with E-state index in [1.807, 2.05) is 0 Å². The monoisotopic (exact) mass is 350 g/mol. The van der Waals surface area contributed by atoms with Gasteiger partial charge in [0.2, 0.25) is 5.91 Å². The second-order valence-electron chi connectivity index (χ2n) is 6.95. The number of nitrogens with one attached hydrogen (secondary N) is 2. The summed E-state index contributed by atoms with van der Waals surface area (Å²) in [5, 5.41) is 9.08. The maximum atomic E-state index is 11.9. The molecule has 0 spiro atoms. The molecule has 1 aromatic heterocycles. The van der Waals surface area contributed by atoms with E-state index in [-0.39, 0.29) is 18.5 Å². The zero-order chi connectivity index (χ0) is 17.5. The summed E-state index contributed by atoms with van der Waals surface area (Å²) in [7, 11) is 3.52. The van der Waals surface area contributed by atoms with Crippen molar-refractivity contribution in [2.75, 3.05) is 20.6 Å². The maximum Gasteiger partial charge on any atom is 0.243 e. The average Bonchev–Trinajstić information content (AvgIpc) is 3.06. The second kappa shape index (κ2) is 9.06. The van der Waals surface area contributed by atoms with Crippen LogP contribution in [0, 0.1) is 5.92 Å². The lowest BCUT2D eigenvalue weighted by Crippen LogP contribution is -2.46. The molecule has 1 aromatic rings. The standard InChI is InChI=1S/C18H30N4OS/c1-13-7-5-8-15(11-13)21-18(19-12-17(23)22(3)4)20-14(2)16-9-6-10-24-16/h6,9-10,13-15H,5,7-8,11-12H2,1-4H3,(H2,19,20,21). The molecule has 1 aliphatic rings. The number of carbonyl (C=O) groups excluding carboxylic acids is 1. The summed E-state index contributed by atoms with van der Waals surface area (Å²) in [6, 6.07) is 4.78. The van der Waals surface area contributed by atoms with E-state index in [0.29, 0.717) is 6.04 Å². The van der Waals surface area contributed by atoms with Gasteiger partial charge in [0.05, 0.1) is 6.04 Å². The normalized spacial score (nSPS) is 22.8. The lowest BCUT2D eigenvalue weighted by atomic mass is 9.87. The maximum absolute atomic E-state index is 11.9. The molecule has 0 aliphatic heterocycles. The minimum Gasteiger partial charge on any atom is -0.354 e. The summed E-state index contributed by atoms with van der Waals surface area (Å²) in [4.78, 5) is 19.2. The van der Waals surface area contributed by atoms with Crippen LogP contribution in [-0.4, -0.2) is 43.4 Å². The number of likely N-dealkylation sites (N-methyl/N-ethyl adjacent to an activating group) is 1. The highest BCUT2D eigenvalue weighted by atomic mass is 32.1. The first-order valence-corrected chi connectivity index (χ1v) is 9.64. The molecule has 2 N–H and O–H groups in total. The van der Waals surface area contributed by atoms with E-state index in [1.54, 1.807) is 30.3 Å². The molecule has 134 valence electrons. The molecule has 5 nitrogen and oxygen atoms in total. The van der Waals surface area contributed by atoms with Crippen LogP contribution in [0.4, 0.5) is 0 Å². The minimum atomic E-state index is 0.0110. The van der Waals surface area contributed by atoms with E-state index in [2.05, 4.69) is 47.0 Å². The Labute approximate surface area is 149 Å². The lowest BCUT2D eigenvalue weighted by molar-refractivity contribution is -0.127. The fraction of sp³-hybridized carbons (Fsp3) is 0.667. The summed E-state index contributed by atoms with van der Waals surface area (Å²) < 4.78 is 0. The third-order valence-corrected chi connectivity index (χ3v) is 5.53. The second-order valence-corrected chi connectivity index (χ2v) is 7.93. The van der Waals surface area contributed by atoms with Gasteiger partial charge in [-0.3, -0.25) is 4.79 Å². The summed E-state index contributed by atoms with van der Waals surface area (Å²) in [5.41, 5.74) is 0. The van der Waals surface area contributed by atoms with Gasteiger partial charge < -0.3 is 15.5 Å². The van der Waals surface area contributed by atoms with Crippen LogP contribution in [0.25, 0.3) is 0 Å². The summed E-state index contributed by atoms with van der Waals surface area (Å²) in [6.07, 6.45) is 4.89. The van der Waals surface area contributed by atoms with Gasteiger partial charge in [-0.1, -0.05) is 25.8 Å². The molecular formula is C18H30N4OS. The van der Waals surface area contributed by atoms with Crippen molar-refractivity contribution < 1.29 is 4.79 Å². The molecule has 24 heavy (non-hydrogen) atoms. The summed E-state index contributed by atoms with van der Waals surface area (Å²) in [5.74, 6) is 1.50. The summed E-state index contributed by atoms with van der Waals surface area (Å²) >= 11 is 1.73. The van der Waals surface area contributed by atoms with Crippen molar-refractivity contribution in [2.24, 2.45) is 10.9 Å². The van der Waals surface area contributed by atoms with Gasteiger partial charge >= 0.3 is 0 Å². The predicted octanol–water partition coefficient (Wildman–Crippen LogP) is 3.01. The van der Waals surface area contributed by atoms with Gasteiger partial charge in [-0.15, -0.1) is 11.3 Å². The van der Waals surface area contributed by atoms with Crippen molar-refractivity contribution in [3.8, 4) is 0 Å². The van der Waals surface area contributed by atoms with Gasteiger partial charge in [0.25, 0.3) is 0 Å². The van der Waals surface area contributed by atoms with Crippen molar-refractivity contribution >= 4 is 23.2 Å². The molecule has 6 heteroatoms. The quantitative estimate of drug-likeness (QED) is 0.634. The largest absolute Gasteiger partial charge is 0.354 e. The summed E-state index contributed by atoms with van der Waals surface area (Å²) in [6.45, 7) is 4.60. The minimum absolute atomic E-state index is 0.0110. The number of hydrogen-bond donors (Lipinski definition) is 2. The number of carbonyl (C=O) groups is 1. The number of guanidine groups is 1. The highest BCUT2D eigenvalue weighted by Crippen LogP contribution is 2.23. The van der Waals surface area contributed by atoms with Crippen LogP contribution in [-0.2, 0) is 4.79 Å². The van der Waals surface area contributed by atoms with E-state index < -0.39 is 0 Å². The lowest BCUT2D eigenvalue weighted by Gasteiger charge is -2.29. The Morgan fingerprint density at radius 3 is 2.88 bits per heavy atom. The Kier molecular flexibility index (Phi) is 7.09. The van der Waals surface area contributed by atoms with E-state index in [9.17, 15) is 4.79 Å². The molecule has 1 fully saturated rings. The van der Waals surface area contributed by atoms with Gasteiger partial charge in [0, 0.05) is 25.0 Å². The highest BCUT2D eigenvalue weighted by Gasteiger charge is 2.20. The first-order chi connectivity index (χ1) is 11.5. The molecular weight excluding hydrogens is 320 g/mol. The Balaban J connectivity index is 2.02. The van der Waals surface area contributed by atoms with Crippen LogP contribution >= 0.6 is 11.3 Å².